The summed E-state index contributed by atoms with van der Waals surface area (Å²) in [6.45, 7) is 3.53. The first kappa shape index (κ1) is 24.5. The van der Waals surface area contributed by atoms with E-state index in [1.54, 1.807) is 25.1 Å². The first-order valence-electron chi connectivity index (χ1n) is 11.4. The number of nitrogens with one attached hydrogen (secondary N) is 1. The Morgan fingerprint density at radius 3 is 2.62 bits per heavy atom. The van der Waals surface area contributed by atoms with E-state index < -0.39 is 23.3 Å². The molecule has 1 N–H and O–H groups in total. The van der Waals surface area contributed by atoms with Crippen LogP contribution in [-0.2, 0) is 15.7 Å². The van der Waals surface area contributed by atoms with Crippen LogP contribution in [0.2, 0.25) is 0 Å². The predicted octanol–water partition coefficient (Wildman–Crippen LogP) is 4.72. The van der Waals surface area contributed by atoms with Crippen LogP contribution in [0.4, 0.5) is 17.6 Å². The molecule has 9 heteroatoms. The van der Waals surface area contributed by atoms with Crippen molar-refractivity contribution in [3.05, 3.63) is 65.5 Å². The molecule has 2 aromatic carbocycles. The molecule has 2 aliphatic rings. The van der Waals surface area contributed by atoms with E-state index in [9.17, 15) is 22.4 Å². The van der Waals surface area contributed by atoms with E-state index in [1.165, 1.54) is 18.2 Å². The Kier molecular flexibility index (Phi) is 7.14. The number of likely N-dealkylation sites (tertiary alicyclic amines) is 1. The third-order valence-corrected chi connectivity index (χ3v) is 6.68. The van der Waals surface area contributed by atoms with Gasteiger partial charge in [0.05, 0.1) is 11.6 Å². The smallest absolute Gasteiger partial charge is 0.416 e. The molecule has 1 amide bonds. The van der Waals surface area contributed by atoms with Crippen LogP contribution in [0.25, 0.3) is 0 Å². The summed E-state index contributed by atoms with van der Waals surface area (Å²) in [6, 6.07) is 10.6. The molecule has 2 atom stereocenters. The topological polar surface area (TPSA) is 50.8 Å². The van der Waals surface area contributed by atoms with Crippen LogP contribution in [0.15, 0.2) is 48.5 Å². The van der Waals surface area contributed by atoms with E-state index in [0.717, 1.165) is 12.1 Å². The quantitative estimate of drug-likeness (QED) is 0.608. The van der Waals surface area contributed by atoms with Crippen LogP contribution in [0.5, 0.6) is 5.75 Å². The van der Waals surface area contributed by atoms with E-state index in [2.05, 4.69) is 5.32 Å². The highest BCUT2D eigenvalue weighted by Gasteiger charge is 2.48. The Bertz CT molecular complexity index is 1010. The average Bonchev–Trinajstić information content (AvgIpc) is 3.28. The second kappa shape index (κ2) is 9.92. The summed E-state index contributed by atoms with van der Waals surface area (Å²) in [7, 11) is 0. The highest BCUT2D eigenvalue weighted by Crippen LogP contribution is 2.35. The van der Waals surface area contributed by atoms with E-state index in [4.69, 9.17) is 9.47 Å². The van der Waals surface area contributed by atoms with Gasteiger partial charge in [-0.2, -0.15) is 13.2 Å². The van der Waals surface area contributed by atoms with Crippen LogP contribution < -0.4 is 10.1 Å². The van der Waals surface area contributed by atoms with Crippen molar-refractivity contribution < 1.29 is 31.8 Å². The number of amides is 1. The molecular formula is C25H28F4N2O3. The largest absolute Gasteiger partial charge is 0.489 e. The summed E-state index contributed by atoms with van der Waals surface area (Å²) in [5.41, 5.74) is -1.20. The third-order valence-electron chi connectivity index (χ3n) is 6.68. The Morgan fingerprint density at radius 2 is 1.91 bits per heavy atom. The van der Waals surface area contributed by atoms with Crippen molar-refractivity contribution in [2.75, 3.05) is 26.3 Å². The van der Waals surface area contributed by atoms with Crippen LogP contribution in [0, 0.1) is 5.82 Å². The number of rotatable bonds is 6. The number of alkyl halides is 3. The number of carbonyl (C=O) groups excluding carboxylic acids is 1. The molecule has 184 valence electrons. The molecule has 2 heterocycles. The second-order valence-corrected chi connectivity index (χ2v) is 8.86. The molecule has 4 rings (SSSR count). The van der Waals surface area contributed by atoms with Gasteiger partial charge in [-0.05, 0) is 50.5 Å². The number of nitrogens with zero attached hydrogens (tertiary/aromatic N) is 1. The van der Waals surface area contributed by atoms with Gasteiger partial charge in [-0.3, -0.25) is 9.69 Å². The van der Waals surface area contributed by atoms with Crippen molar-refractivity contribution in [2.24, 2.45) is 0 Å². The van der Waals surface area contributed by atoms with Gasteiger partial charge in [-0.25, -0.2) is 4.39 Å². The minimum Gasteiger partial charge on any atom is -0.489 e. The maximum Gasteiger partial charge on any atom is 0.416 e. The Balaban J connectivity index is 1.47. The van der Waals surface area contributed by atoms with E-state index >= 15 is 0 Å². The fraction of sp³-hybridized carbons (Fsp3) is 0.480. The average molecular weight is 481 g/mol. The first-order chi connectivity index (χ1) is 16.2. The highest BCUT2D eigenvalue weighted by atomic mass is 19.4. The van der Waals surface area contributed by atoms with E-state index in [0.29, 0.717) is 51.1 Å². The van der Waals surface area contributed by atoms with Crippen LogP contribution in [-0.4, -0.2) is 48.8 Å². The van der Waals surface area contributed by atoms with Crippen molar-refractivity contribution in [1.82, 2.24) is 10.2 Å². The summed E-state index contributed by atoms with van der Waals surface area (Å²) >= 11 is 0. The molecular weight excluding hydrogens is 452 g/mol. The standard InChI is InChI=1S/C25H28F4N2O3/c1-17(21-7-2-3-8-22(21)26)30-23(32)24(10-13-33-14-11-24)31-12-9-20(16-31)34-19-6-4-5-18(15-19)25(27,28)29/h2-8,15,17,20H,9-14,16H2,1H3,(H,30,32)/t17?,20-/m1/s1. The Hall–Kier alpha value is -2.65. The lowest BCUT2D eigenvalue weighted by atomic mass is 9.86. The maximum atomic E-state index is 14.2. The SMILES string of the molecule is CC(NC(=O)C1(N2CC[C@@H](Oc3cccc(C(F)(F)F)c3)C2)CCOCC1)c1ccccc1F. The summed E-state index contributed by atoms with van der Waals surface area (Å²) < 4.78 is 64.7. The normalized spacial score (nSPS) is 21.7. The number of ether oxygens (including phenoxy) is 2. The van der Waals surface area contributed by atoms with Crippen LogP contribution >= 0.6 is 0 Å². The molecule has 34 heavy (non-hydrogen) atoms. The molecule has 0 aromatic heterocycles. The summed E-state index contributed by atoms with van der Waals surface area (Å²) in [5.74, 6) is -0.432. The van der Waals surface area contributed by atoms with Gasteiger partial charge in [0.25, 0.3) is 0 Å². The lowest BCUT2D eigenvalue weighted by Crippen LogP contribution is -2.61. The zero-order valence-electron chi connectivity index (χ0n) is 18.9. The van der Waals surface area contributed by atoms with Gasteiger partial charge < -0.3 is 14.8 Å². The van der Waals surface area contributed by atoms with Gasteiger partial charge in [0.1, 0.15) is 23.2 Å². The van der Waals surface area contributed by atoms with Crippen molar-refractivity contribution in [3.63, 3.8) is 0 Å². The fourth-order valence-corrected chi connectivity index (χ4v) is 4.78. The molecule has 5 nitrogen and oxygen atoms in total. The molecule has 2 saturated heterocycles. The minimum atomic E-state index is -4.44. The van der Waals surface area contributed by atoms with Crippen LogP contribution in [0.1, 0.15) is 43.4 Å². The van der Waals surface area contributed by atoms with Crippen molar-refractivity contribution in [1.29, 1.82) is 0 Å². The minimum absolute atomic E-state index is 0.153. The first-order valence-corrected chi connectivity index (χ1v) is 11.4. The lowest BCUT2D eigenvalue weighted by molar-refractivity contribution is -0.141. The molecule has 0 aliphatic carbocycles. The Morgan fingerprint density at radius 1 is 1.18 bits per heavy atom. The molecule has 2 fully saturated rings. The monoisotopic (exact) mass is 480 g/mol. The van der Waals surface area contributed by atoms with Gasteiger partial charge in [-0.15, -0.1) is 0 Å². The number of hydrogen-bond acceptors (Lipinski definition) is 4. The zero-order valence-corrected chi connectivity index (χ0v) is 18.9. The number of carbonyl (C=O) groups is 1. The lowest BCUT2D eigenvalue weighted by Gasteiger charge is -2.43. The maximum absolute atomic E-state index is 14.2. The van der Waals surface area contributed by atoms with E-state index in [-0.39, 0.29) is 23.6 Å². The molecule has 0 bridgehead atoms. The highest BCUT2D eigenvalue weighted by molar-refractivity contribution is 5.87. The van der Waals surface area contributed by atoms with Crippen molar-refractivity contribution in [3.8, 4) is 5.75 Å². The van der Waals surface area contributed by atoms with E-state index in [1.807, 2.05) is 4.90 Å². The second-order valence-electron chi connectivity index (χ2n) is 8.86. The summed E-state index contributed by atoms with van der Waals surface area (Å²) in [4.78, 5) is 15.6. The Labute approximate surface area is 196 Å². The number of benzene rings is 2. The molecule has 0 spiro atoms. The van der Waals surface area contributed by atoms with Gasteiger partial charge >= 0.3 is 6.18 Å². The molecule has 2 aliphatic heterocycles. The van der Waals surface area contributed by atoms with Gasteiger partial charge in [0.2, 0.25) is 5.91 Å². The summed E-state index contributed by atoms with van der Waals surface area (Å²) in [6.07, 6.45) is -3.27. The fourth-order valence-electron chi connectivity index (χ4n) is 4.78. The van der Waals surface area contributed by atoms with Gasteiger partial charge in [0.15, 0.2) is 0 Å². The molecule has 1 unspecified atom stereocenters. The van der Waals surface area contributed by atoms with Crippen LogP contribution in [0.3, 0.4) is 0 Å². The molecule has 0 radical (unpaired) electrons. The predicted molar refractivity (Wildman–Crippen MR) is 118 cm³/mol. The zero-order chi connectivity index (χ0) is 24.3. The third kappa shape index (κ3) is 5.20. The molecule has 0 saturated carbocycles. The van der Waals surface area contributed by atoms with Crippen molar-refractivity contribution in [2.45, 2.75) is 50.0 Å². The number of hydrogen-bond donors (Lipinski definition) is 1. The van der Waals surface area contributed by atoms with Crippen molar-refractivity contribution >= 4 is 5.91 Å². The van der Waals surface area contributed by atoms with Gasteiger partial charge in [0, 0.05) is 31.9 Å². The number of halogens is 4. The summed E-state index contributed by atoms with van der Waals surface area (Å²) in [5, 5.41) is 2.97. The molecule has 2 aromatic rings. The van der Waals surface area contributed by atoms with Gasteiger partial charge in [-0.1, -0.05) is 24.3 Å².